The van der Waals surface area contributed by atoms with Gasteiger partial charge in [-0.05, 0) is 45.1 Å². The first-order valence-corrected chi connectivity index (χ1v) is 6.48. The van der Waals surface area contributed by atoms with Crippen molar-refractivity contribution >= 4 is 0 Å². The molecule has 0 spiro atoms. The first-order chi connectivity index (χ1) is 7.84. The zero-order chi connectivity index (χ0) is 11.2. The van der Waals surface area contributed by atoms with Crippen LogP contribution in [0.5, 0.6) is 0 Å². The second kappa shape index (κ2) is 6.14. The van der Waals surface area contributed by atoms with E-state index in [9.17, 15) is 0 Å². The Hall–Kier alpha value is -0.700. The van der Waals surface area contributed by atoms with Gasteiger partial charge in [0.2, 0.25) is 6.29 Å². The second-order valence-electron chi connectivity index (χ2n) is 4.66. The maximum absolute atomic E-state index is 5.70. The van der Waals surface area contributed by atoms with E-state index in [-0.39, 0.29) is 6.29 Å². The van der Waals surface area contributed by atoms with E-state index in [0.29, 0.717) is 12.0 Å². The number of ether oxygens (including phenoxy) is 3. The van der Waals surface area contributed by atoms with Gasteiger partial charge in [-0.3, -0.25) is 0 Å². The molecule has 1 atom stereocenters. The molecule has 2 aliphatic rings. The summed E-state index contributed by atoms with van der Waals surface area (Å²) in [4.78, 5) is 0. The Morgan fingerprint density at radius 2 is 1.69 bits per heavy atom. The van der Waals surface area contributed by atoms with Crippen LogP contribution in [0.3, 0.4) is 0 Å². The van der Waals surface area contributed by atoms with Gasteiger partial charge in [-0.2, -0.15) is 0 Å². The Morgan fingerprint density at radius 3 is 2.38 bits per heavy atom. The molecular weight excluding hydrogens is 204 g/mol. The Bertz CT molecular complexity index is 193. The van der Waals surface area contributed by atoms with Crippen LogP contribution in [0.25, 0.3) is 0 Å². The Labute approximate surface area is 97.8 Å². The van der Waals surface area contributed by atoms with Crippen LogP contribution in [0, 0.1) is 0 Å². The maximum Gasteiger partial charge on any atom is 0.274 e. The van der Waals surface area contributed by atoms with Gasteiger partial charge in [-0.15, -0.1) is 0 Å². The van der Waals surface area contributed by atoms with Crippen LogP contribution in [0.2, 0.25) is 0 Å². The summed E-state index contributed by atoms with van der Waals surface area (Å²) in [7, 11) is 0. The molecule has 2 fully saturated rings. The largest absolute Gasteiger partial charge is 0.462 e. The maximum atomic E-state index is 5.70. The summed E-state index contributed by atoms with van der Waals surface area (Å²) in [6, 6.07) is 0. The standard InChI is InChI=1S/C13H22O3/c1-11(15-12-7-3-2-4-8-12)16-13-9-5-6-10-14-13/h12-13H,1-10H2. The van der Waals surface area contributed by atoms with E-state index in [4.69, 9.17) is 14.2 Å². The van der Waals surface area contributed by atoms with Crippen LogP contribution in [-0.2, 0) is 14.2 Å². The second-order valence-corrected chi connectivity index (χ2v) is 4.66. The lowest BCUT2D eigenvalue weighted by atomic mass is 9.98. The van der Waals surface area contributed by atoms with Gasteiger partial charge in [0.1, 0.15) is 6.10 Å². The molecule has 0 bridgehead atoms. The molecule has 1 unspecified atom stereocenters. The molecule has 3 nitrogen and oxygen atoms in total. The zero-order valence-corrected chi connectivity index (χ0v) is 9.95. The Balaban J connectivity index is 1.66. The molecule has 3 heteroatoms. The van der Waals surface area contributed by atoms with Gasteiger partial charge in [-0.1, -0.05) is 6.42 Å². The predicted octanol–water partition coefficient (Wildman–Crippen LogP) is 3.35. The van der Waals surface area contributed by atoms with Gasteiger partial charge in [0.15, 0.2) is 0 Å². The summed E-state index contributed by atoms with van der Waals surface area (Å²) in [5.41, 5.74) is 0. The summed E-state index contributed by atoms with van der Waals surface area (Å²) in [5.74, 6) is 0.443. The van der Waals surface area contributed by atoms with Crippen molar-refractivity contribution < 1.29 is 14.2 Å². The fraction of sp³-hybridized carbons (Fsp3) is 0.846. The molecule has 0 N–H and O–H groups in total. The van der Waals surface area contributed by atoms with Gasteiger partial charge < -0.3 is 14.2 Å². The van der Waals surface area contributed by atoms with Gasteiger partial charge in [0.25, 0.3) is 5.95 Å². The fourth-order valence-corrected chi connectivity index (χ4v) is 2.35. The number of hydrogen-bond donors (Lipinski definition) is 0. The monoisotopic (exact) mass is 226 g/mol. The van der Waals surface area contributed by atoms with Gasteiger partial charge in [0, 0.05) is 6.42 Å². The normalized spacial score (nSPS) is 27.4. The molecule has 1 saturated carbocycles. The predicted molar refractivity (Wildman–Crippen MR) is 61.8 cm³/mol. The van der Waals surface area contributed by atoms with Crippen molar-refractivity contribution in [1.82, 2.24) is 0 Å². The minimum atomic E-state index is -0.134. The quantitative estimate of drug-likeness (QED) is 0.688. The van der Waals surface area contributed by atoms with Crippen molar-refractivity contribution in [3.8, 4) is 0 Å². The highest BCUT2D eigenvalue weighted by molar-refractivity contribution is 4.76. The lowest BCUT2D eigenvalue weighted by molar-refractivity contribution is -0.175. The highest BCUT2D eigenvalue weighted by atomic mass is 16.8. The van der Waals surface area contributed by atoms with Gasteiger partial charge in [-0.25, -0.2) is 0 Å². The van der Waals surface area contributed by atoms with Crippen molar-refractivity contribution in [1.29, 1.82) is 0 Å². The van der Waals surface area contributed by atoms with E-state index in [1.807, 2.05) is 0 Å². The fourth-order valence-electron chi connectivity index (χ4n) is 2.35. The van der Waals surface area contributed by atoms with Gasteiger partial charge >= 0.3 is 0 Å². The van der Waals surface area contributed by atoms with Gasteiger partial charge in [0.05, 0.1) is 6.61 Å². The molecular formula is C13H22O3. The van der Waals surface area contributed by atoms with E-state index >= 15 is 0 Å². The molecule has 1 aliphatic carbocycles. The van der Waals surface area contributed by atoms with E-state index in [0.717, 1.165) is 32.3 Å². The molecule has 0 aromatic heterocycles. The van der Waals surface area contributed by atoms with Crippen molar-refractivity contribution in [2.24, 2.45) is 0 Å². The smallest absolute Gasteiger partial charge is 0.274 e. The van der Waals surface area contributed by atoms with Crippen LogP contribution in [0.15, 0.2) is 12.5 Å². The minimum Gasteiger partial charge on any atom is -0.462 e. The topological polar surface area (TPSA) is 27.7 Å². The van der Waals surface area contributed by atoms with Crippen LogP contribution in [0.1, 0.15) is 51.4 Å². The number of rotatable bonds is 4. The first-order valence-electron chi connectivity index (χ1n) is 6.48. The summed E-state index contributed by atoms with van der Waals surface area (Å²) < 4.78 is 16.7. The molecule has 0 aromatic carbocycles. The number of hydrogen-bond acceptors (Lipinski definition) is 3. The highest BCUT2D eigenvalue weighted by Gasteiger charge is 2.19. The Kier molecular flexibility index (Phi) is 4.52. The molecule has 0 radical (unpaired) electrons. The van der Waals surface area contributed by atoms with Crippen molar-refractivity contribution in [3.63, 3.8) is 0 Å². The van der Waals surface area contributed by atoms with Crippen molar-refractivity contribution in [2.45, 2.75) is 63.8 Å². The van der Waals surface area contributed by atoms with E-state index in [1.54, 1.807) is 0 Å². The van der Waals surface area contributed by atoms with Crippen LogP contribution < -0.4 is 0 Å². The third-order valence-electron chi connectivity index (χ3n) is 3.25. The lowest BCUT2D eigenvalue weighted by Crippen LogP contribution is -2.24. The van der Waals surface area contributed by atoms with Crippen molar-refractivity contribution in [3.05, 3.63) is 12.5 Å². The summed E-state index contributed by atoms with van der Waals surface area (Å²) in [6.45, 7) is 4.61. The minimum absolute atomic E-state index is 0.134. The molecule has 1 heterocycles. The summed E-state index contributed by atoms with van der Waals surface area (Å²) in [5, 5.41) is 0. The van der Waals surface area contributed by atoms with Crippen LogP contribution in [-0.4, -0.2) is 19.0 Å². The molecule has 2 rings (SSSR count). The van der Waals surface area contributed by atoms with E-state index in [2.05, 4.69) is 6.58 Å². The average molecular weight is 226 g/mol. The lowest BCUT2D eigenvalue weighted by Gasteiger charge is -2.27. The van der Waals surface area contributed by atoms with E-state index < -0.39 is 0 Å². The molecule has 1 saturated heterocycles. The van der Waals surface area contributed by atoms with Crippen LogP contribution >= 0.6 is 0 Å². The molecule has 0 amide bonds. The average Bonchev–Trinajstić information content (AvgIpc) is 2.31. The molecule has 1 aliphatic heterocycles. The van der Waals surface area contributed by atoms with E-state index in [1.165, 1.54) is 25.7 Å². The summed E-state index contributed by atoms with van der Waals surface area (Å²) >= 11 is 0. The third kappa shape index (κ3) is 3.71. The zero-order valence-electron chi connectivity index (χ0n) is 9.95. The third-order valence-corrected chi connectivity index (χ3v) is 3.25. The molecule has 16 heavy (non-hydrogen) atoms. The SMILES string of the molecule is C=C(OC1CCCCC1)OC1CCCCO1. The van der Waals surface area contributed by atoms with Crippen molar-refractivity contribution in [2.75, 3.05) is 6.61 Å². The highest BCUT2D eigenvalue weighted by Crippen LogP contribution is 2.24. The first kappa shape index (κ1) is 11.8. The molecule has 0 aromatic rings. The Morgan fingerprint density at radius 1 is 0.938 bits per heavy atom. The molecule has 92 valence electrons. The summed E-state index contributed by atoms with van der Waals surface area (Å²) in [6.07, 6.45) is 9.55. The van der Waals surface area contributed by atoms with Crippen LogP contribution in [0.4, 0.5) is 0 Å².